The molecule has 0 unspecified atom stereocenters. The number of imidazole rings is 1. The SMILES string of the molecule is COc1cc2ncc3[nH]c(=O)n(CC4=CC=C(S(N)(=O)=O)NC4)c3c2cc1OC. The number of primary sulfonamides is 1. The summed E-state index contributed by atoms with van der Waals surface area (Å²) >= 11 is 0. The van der Waals surface area contributed by atoms with Crippen LogP contribution in [0.2, 0.25) is 0 Å². The number of nitrogens with zero attached hydrogens (tertiary/aromatic N) is 2. The first-order valence-corrected chi connectivity index (χ1v) is 10.2. The van der Waals surface area contributed by atoms with E-state index in [1.807, 2.05) is 0 Å². The number of hydrogen-bond donors (Lipinski definition) is 3. The number of H-pyrrole nitrogens is 1. The molecule has 29 heavy (non-hydrogen) atoms. The Morgan fingerprint density at radius 1 is 1.21 bits per heavy atom. The summed E-state index contributed by atoms with van der Waals surface area (Å²) in [5.74, 6) is 1.06. The predicted octanol–water partition coefficient (Wildman–Crippen LogP) is 0.555. The van der Waals surface area contributed by atoms with Gasteiger partial charge in [-0.2, -0.15) is 0 Å². The van der Waals surface area contributed by atoms with Crippen molar-refractivity contribution in [1.82, 2.24) is 19.9 Å². The number of benzene rings is 1. The Balaban J connectivity index is 1.86. The minimum Gasteiger partial charge on any atom is -0.493 e. The lowest BCUT2D eigenvalue weighted by Gasteiger charge is -2.16. The summed E-state index contributed by atoms with van der Waals surface area (Å²) in [5.41, 5.74) is 2.41. The molecule has 152 valence electrons. The average molecular weight is 417 g/mol. The highest BCUT2D eigenvalue weighted by molar-refractivity contribution is 7.93. The Morgan fingerprint density at radius 2 is 1.93 bits per heavy atom. The van der Waals surface area contributed by atoms with E-state index in [0.717, 1.165) is 11.0 Å². The molecule has 1 aliphatic heterocycles. The highest BCUT2D eigenvalue weighted by atomic mass is 32.2. The van der Waals surface area contributed by atoms with Gasteiger partial charge in [-0.3, -0.25) is 9.55 Å². The van der Waals surface area contributed by atoms with Crippen molar-refractivity contribution in [2.45, 2.75) is 6.54 Å². The molecular weight excluding hydrogens is 398 g/mol. The maximum Gasteiger partial charge on any atom is 0.326 e. The molecule has 0 atom stereocenters. The number of hydrogen-bond acceptors (Lipinski definition) is 7. The number of allylic oxidation sites excluding steroid dienone is 2. The highest BCUT2D eigenvalue weighted by Gasteiger charge is 2.18. The second kappa shape index (κ2) is 6.94. The summed E-state index contributed by atoms with van der Waals surface area (Å²) in [6.07, 6.45) is 4.63. The molecule has 10 nitrogen and oxygen atoms in total. The molecule has 1 aliphatic rings. The number of pyridine rings is 1. The minimum atomic E-state index is -3.80. The Morgan fingerprint density at radius 3 is 2.55 bits per heavy atom. The van der Waals surface area contributed by atoms with E-state index in [1.54, 1.807) is 36.1 Å². The molecule has 2 aromatic heterocycles. The number of fused-ring (bicyclic) bond motifs is 3. The third-order valence-corrected chi connectivity index (χ3v) is 5.62. The lowest BCUT2D eigenvalue weighted by molar-refractivity contribution is 0.356. The lowest BCUT2D eigenvalue weighted by atomic mass is 10.1. The molecule has 0 bridgehead atoms. The summed E-state index contributed by atoms with van der Waals surface area (Å²) in [6.45, 7) is 0.509. The normalized spacial score (nSPS) is 14.4. The predicted molar refractivity (Wildman–Crippen MR) is 108 cm³/mol. The largest absolute Gasteiger partial charge is 0.493 e. The molecule has 3 heterocycles. The fourth-order valence-electron chi connectivity index (χ4n) is 3.34. The van der Waals surface area contributed by atoms with E-state index in [4.69, 9.17) is 14.6 Å². The van der Waals surface area contributed by atoms with Crippen LogP contribution in [0.1, 0.15) is 0 Å². The summed E-state index contributed by atoms with van der Waals surface area (Å²) in [6, 6.07) is 3.53. The van der Waals surface area contributed by atoms with Crippen LogP contribution < -0.4 is 25.6 Å². The van der Waals surface area contributed by atoms with Crippen molar-refractivity contribution >= 4 is 32.0 Å². The van der Waals surface area contributed by atoms with Crippen LogP contribution in [0.15, 0.2) is 45.9 Å². The number of rotatable bonds is 5. The lowest BCUT2D eigenvalue weighted by Crippen LogP contribution is -2.31. The van der Waals surface area contributed by atoms with Gasteiger partial charge in [0.05, 0.1) is 43.5 Å². The highest BCUT2D eigenvalue weighted by Crippen LogP contribution is 2.34. The summed E-state index contributed by atoms with van der Waals surface area (Å²) in [5, 5.41) is 8.56. The van der Waals surface area contributed by atoms with Crippen LogP contribution in [0, 0.1) is 0 Å². The standard InChI is InChI=1S/C18H19N5O5S/c1-27-14-5-11-12(6-15(14)28-2)20-8-13-17(11)23(18(24)22-13)9-10-3-4-16(21-7-10)29(19,25)26/h3-6,8,21H,7,9H2,1-2H3,(H,22,24)(H2,19,25,26). The first-order valence-electron chi connectivity index (χ1n) is 8.61. The van der Waals surface area contributed by atoms with Gasteiger partial charge in [0, 0.05) is 18.0 Å². The number of dihydropyridines is 1. The van der Waals surface area contributed by atoms with Crippen molar-refractivity contribution in [3.63, 3.8) is 0 Å². The van der Waals surface area contributed by atoms with Crippen molar-refractivity contribution in [2.24, 2.45) is 5.14 Å². The van der Waals surface area contributed by atoms with Gasteiger partial charge in [0.2, 0.25) is 0 Å². The van der Waals surface area contributed by atoms with E-state index in [-0.39, 0.29) is 23.8 Å². The molecule has 0 saturated heterocycles. The average Bonchev–Trinajstić information content (AvgIpc) is 3.02. The van der Waals surface area contributed by atoms with Gasteiger partial charge in [0.1, 0.15) is 5.03 Å². The van der Waals surface area contributed by atoms with Crippen LogP contribution >= 0.6 is 0 Å². The molecule has 0 aliphatic carbocycles. The summed E-state index contributed by atoms with van der Waals surface area (Å²) < 4.78 is 35.1. The van der Waals surface area contributed by atoms with Crippen LogP contribution in [0.3, 0.4) is 0 Å². The Bertz CT molecular complexity index is 1350. The van der Waals surface area contributed by atoms with E-state index in [2.05, 4.69) is 15.3 Å². The number of aromatic nitrogens is 3. The molecule has 3 aromatic rings. The van der Waals surface area contributed by atoms with Gasteiger partial charge in [-0.25, -0.2) is 18.4 Å². The molecule has 0 spiro atoms. The Hall–Kier alpha value is -3.31. The Kier molecular flexibility index (Phi) is 4.55. The van der Waals surface area contributed by atoms with Crippen molar-refractivity contribution in [1.29, 1.82) is 0 Å². The van der Waals surface area contributed by atoms with Crippen molar-refractivity contribution < 1.29 is 17.9 Å². The van der Waals surface area contributed by atoms with Gasteiger partial charge in [-0.15, -0.1) is 0 Å². The molecule has 4 N–H and O–H groups in total. The van der Waals surface area contributed by atoms with Crippen molar-refractivity contribution in [3.05, 3.63) is 51.6 Å². The van der Waals surface area contributed by atoms with Crippen LogP contribution in [-0.4, -0.2) is 43.7 Å². The molecule has 0 amide bonds. The van der Waals surface area contributed by atoms with E-state index in [9.17, 15) is 13.2 Å². The maximum absolute atomic E-state index is 12.6. The molecule has 11 heteroatoms. The number of methoxy groups -OCH3 is 2. The van der Waals surface area contributed by atoms with Gasteiger partial charge in [0.25, 0.3) is 10.0 Å². The van der Waals surface area contributed by atoms with Gasteiger partial charge in [-0.1, -0.05) is 6.08 Å². The molecule has 1 aromatic carbocycles. The first-order chi connectivity index (χ1) is 13.8. The number of nitrogens with one attached hydrogen (secondary N) is 2. The third kappa shape index (κ3) is 3.34. The second-order valence-corrected chi connectivity index (χ2v) is 8.05. The zero-order valence-corrected chi connectivity index (χ0v) is 16.5. The van der Waals surface area contributed by atoms with Crippen LogP contribution in [0.4, 0.5) is 0 Å². The van der Waals surface area contributed by atoms with Gasteiger partial charge in [-0.05, 0) is 17.7 Å². The van der Waals surface area contributed by atoms with Crippen LogP contribution in [0.25, 0.3) is 21.9 Å². The topological polar surface area (TPSA) is 141 Å². The Labute approximate surface area is 165 Å². The van der Waals surface area contributed by atoms with Gasteiger partial charge >= 0.3 is 5.69 Å². The van der Waals surface area contributed by atoms with E-state index >= 15 is 0 Å². The van der Waals surface area contributed by atoms with Crippen molar-refractivity contribution in [3.8, 4) is 11.5 Å². The molecular formula is C18H19N5O5S. The first kappa shape index (κ1) is 19.0. The smallest absolute Gasteiger partial charge is 0.326 e. The second-order valence-electron chi connectivity index (χ2n) is 6.52. The quantitative estimate of drug-likeness (QED) is 0.550. The molecule has 0 radical (unpaired) electrons. The molecule has 0 saturated carbocycles. The minimum absolute atomic E-state index is 0.0565. The fourth-order valence-corrected chi connectivity index (χ4v) is 3.87. The molecule has 0 fully saturated rings. The molecule has 4 rings (SSSR count). The monoisotopic (exact) mass is 417 g/mol. The maximum atomic E-state index is 12.6. The van der Waals surface area contributed by atoms with Crippen LogP contribution in [-0.2, 0) is 16.6 Å². The summed E-state index contributed by atoms with van der Waals surface area (Å²) in [4.78, 5) is 19.8. The van der Waals surface area contributed by atoms with Gasteiger partial charge in [0.15, 0.2) is 11.5 Å². The number of nitrogens with two attached hydrogens (primary N) is 1. The zero-order valence-electron chi connectivity index (χ0n) is 15.7. The zero-order chi connectivity index (χ0) is 20.8. The van der Waals surface area contributed by atoms with E-state index in [0.29, 0.717) is 28.0 Å². The number of sulfonamides is 1. The fraction of sp³-hybridized carbons (Fsp3) is 0.222. The van der Waals surface area contributed by atoms with Crippen LogP contribution in [0.5, 0.6) is 11.5 Å². The number of ether oxygens (including phenoxy) is 2. The van der Waals surface area contributed by atoms with Gasteiger partial charge < -0.3 is 19.8 Å². The summed E-state index contributed by atoms with van der Waals surface area (Å²) in [7, 11) is -0.722. The van der Waals surface area contributed by atoms with E-state index < -0.39 is 10.0 Å². The third-order valence-electron chi connectivity index (χ3n) is 4.73. The van der Waals surface area contributed by atoms with Crippen molar-refractivity contribution in [2.75, 3.05) is 20.8 Å². The number of aromatic amines is 1. The van der Waals surface area contributed by atoms with E-state index in [1.165, 1.54) is 13.2 Å².